The molecule has 0 bridgehead atoms. The molecule has 3 rings (SSSR count). The standard InChI is InChI=1S/C8H9N5O2/c1-12-5-4(6(14)11-8(12)15)13-3-2-9-7(13)10-5/h2-3H2,1H3,(H,9,10)(H,11,14,15). The molecule has 0 atom stereocenters. The highest BCUT2D eigenvalue weighted by atomic mass is 16.2. The van der Waals surface area contributed by atoms with E-state index in [1.165, 1.54) is 4.57 Å². The number of nitrogens with zero attached hydrogens (tertiary/aromatic N) is 3. The molecule has 0 radical (unpaired) electrons. The highest BCUT2D eigenvalue weighted by molar-refractivity contribution is 5.74. The van der Waals surface area contributed by atoms with Crippen molar-refractivity contribution in [3.05, 3.63) is 20.8 Å². The second-order valence-electron chi connectivity index (χ2n) is 3.50. The van der Waals surface area contributed by atoms with Gasteiger partial charge in [0, 0.05) is 20.1 Å². The Morgan fingerprint density at radius 2 is 2.20 bits per heavy atom. The molecule has 0 spiro atoms. The van der Waals surface area contributed by atoms with Crippen LogP contribution in [0, 0.1) is 0 Å². The van der Waals surface area contributed by atoms with Crippen LogP contribution in [0.2, 0.25) is 0 Å². The van der Waals surface area contributed by atoms with Crippen LogP contribution < -0.4 is 16.6 Å². The molecule has 0 amide bonds. The Bertz CT molecular complexity index is 662. The van der Waals surface area contributed by atoms with E-state index < -0.39 is 5.69 Å². The van der Waals surface area contributed by atoms with Crippen molar-refractivity contribution >= 4 is 17.1 Å². The Balaban J connectivity index is 2.59. The maximum atomic E-state index is 11.6. The van der Waals surface area contributed by atoms with Crippen LogP contribution in [0.4, 0.5) is 5.95 Å². The van der Waals surface area contributed by atoms with E-state index in [2.05, 4.69) is 15.3 Å². The maximum Gasteiger partial charge on any atom is 0.329 e. The minimum absolute atomic E-state index is 0.379. The fourth-order valence-electron chi connectivity index (χ4n) is 1.87. The lowest BCUT2D eigenvalue weighted by Crippen LogP contribution is -2.29. The lowest BCUT2D eigenvalue weighted by Gasteiger charge is -1.98. The van der Waals surface area contributed by atoms with Crippen molar-refractivity contribution in [2.75, 3.05) is 11.9 Å². The molecular weight excluding hydrogens is 198 g/mol. The van der Waals surface area contributed by atoms with Gasteiger partial charge in [0.1, 0.15) is 0 Å². The first-order valence-corrected chi connectivity index (χ1v) is 4.62. The molecular formula is C8H9N5O2. The van der Waals surface area contributed by atoms with E-state index in [0.29, 0.717) is 23.7 Å². The average molecular weight is 207 g/mol. The molecule has 1 aliphatic rings. The van der Waals surface area contributed by atoms with Gasteiger partial charge in [0.15, 0.2) is 11.2 Å². The Kier molecular flexibility index (Phi) is 1.38. The van der Waals surface area contributed by atoms with Gasteiger partial charge in [-0.3, -0.25) is 14.3 Å². The summed E-state index contributed by atoms with van der Waals surface area (Å²) in [5, 5.41) is 3.05. The molecule has 0 unspecified atom stereocenters. The van der Waals surface area contributed by atoms with Crippen LogP contribution in [0.15, 0.2) is 9.59 Å². The molecule has 2 aromatic heterocycles. The summed E-state index contributed by atoms with van der Waals surface area (Å²) in [6.07, 6.45) is 0. The van der Waals surface area contributed by atoms with Gasteiger partial charge in [0.05, 0.1) is 0 Å². The summed E-state index contributed by atoms with van der Waals surface area (Å²) in [7, 11) is 1.59. The topological polar surface area (TPSA) is 84.7 Å². The minimum atomic E-state index is -0.440. The number of anilines is 1. The molecule has 3 heterocycles. The molecule has 2 N–H and O–H groups in total. The number of aryl methyl sites for hydroxylation is 1. The van der Waals surface area contributed by atoms with Crippen molar-refractivity contribution in [2.24, 2.45) is 7.05 Å². The molecule has 0 saturated heterocycles. The quantitative estimate of drug-likeness (QED) is 0.571. The van der Waals surface area contributed by atoms with Gasteiger partial charge in [0.2, 0.25) is 5.95 Å². The lowest BCUT2D eigenvalue weighted by atomic mass is 10.5. The van der Waals surface area contributed by atoms with Crippen molar-refractivity contribution < 1.29 is 0 Å². The molecule has 0 aliphatic carbocycles. The van der Waals surface area contributed by atoms with E-state index in [9.17, 15) is 9.59 Å². The fraction of sp³-hybridized carbons (Fsp3) is 0.375. The first-order valence-electron chi connectivity index (χ1n) is 4.62. The molecule has 1 aliphatic heterocycles. The number of fused-ring (bicyclic) bond motifs is 3. The van der Waals surface area contributed by atoms with Crippen LogP contribution in [-0.4, -0.2) is 25.6 Å². The van der Waals surface area contributed by atoms with E-state index in [1.54, 1.807) is 11.6 Å². The zero-order valence-corrected chi connectivity index (χ0v) is 8.07. The molecule has 78 valence electrons. The predicted molar refractivity (Wildman–Crippen MR) is 54.1 cm³/mol. The van der Waals surface area contributed by atoms with Crippen LogP contribution in [0.5, 0.6) is 0 Å². The first-order chi connectivity index (χ1) is 7.18. The number of H-pyrrole nitrogens is 1. The molecule has 0 saturated carbocycles. The SMILES string of the molecule is Cn1c(=O)[nH]c(=O)c2c1nc1n2CCN1. The highest BCUT2D eigenvalue weighted by Crippen LogP contribution is 2.18. The van der Waals surface area contributed by atoms with Gasteiger partial charge in [0.25, 0.3) is 5.56 Å². The molecule has 2 aromatic rings. The second kappa shape index (κ2) is 2.50. The number of hydrogen-bond donors (Lipinski definition) is 2. The van der Waals surface area contributed by atoms with Gasteiger partial charge in [-0.2, -0.15) is 4.98 Å². The number of aromatic amines is 1. The summed E-state index contributed by atoms with van der Waals surface area (Å²) >= 11 is 0. The fourth-order valence-corrected chi connectivity index (χ4v) is 1.87. The summed E-state index contributed by atoms with van der Waals surface area (Å²) in [5.41, 5.74) is 0.0582. The third-order valence-electron chi connectivity index (χ3n) is 2.63. The Labute approximate surface area is 83.4 Å². The van der Waals surface area contributed by atoms with E-state index >= 15 is 0 Å². The van der Waals surface area contributed by atoms with Gasteiger partial charge in [-0.15, -0.1) is 0 Å². The monoisotopic (exact) mass is 207 g/mol. The second-order valence-corrected chi connectivity index (χ2v) is 3.50. The van der Waals surface area contributed by atoms with E-state index in [4.69, 9.17) is 0 Å². The molecule has 0 aromatic carbocycles. The summed E-state index contributed by atoms with van der Waals surface area (Å²) in [4.78, 5) is 29.4. The van der Waals surface area contributed by atoms with Crippen molar-refractivity contribution in [3.8, 4) is 0 Å². The van der Waals surface area contributed by atoms with Crippen LogP contribution in [0.1, 0.15) is 0 Å². The van der Waals surface area contributed by atoms with E-state index in [-0.39, 0.29) is 5.56 Å². The van der Waals surface area contributed by atoms with Crippen molar-refractivity contribution in [2.45, 2.75) is 6.54 Å². The van der Waals surface area contributed by atoms with Gasteiger partial charge < -0.3 is 9.88 Å². The van der Waals surface area contributed by atoms with Crippen LogP contribution in [-0.2, 0) is 13.6 Å². The summed E-state index contributed by atoms with van der Waals surface area (Å²) in [6, 6.07) is 0. The van der Waals surface area contributed by atoms with Crippen LogP contribution >= 0.6 is 0 Å². The summed E-state index contributed by atoms with van der Waals surface area (Å²) < 4.78 is 3.12. The largest absolute Gasteiger partial charge is 0.354 e. The van der Waals surface area contributed by atoms with Gasteiger partial charge >= 0.3 is 5.69 Å². The number of rotatable bonds is 0. The first kappa shape index (κ1) is 8.27. The van der Waals surface area contributed by atoms with Gasteiger partial charge in [-0.25, -0.2) is 4.79 Å². The minimum Gasteiger partial charge on any atom is -0.354 e. The lowest BCUT2D eigenvalue weighted by molar-refractivity contribution is 0.805. The smallest absolute Gasteiger partial charge is 0.329 e. The van der Waals surface area contributed by atoms with Gasteiger partial charge in [-0.05, 0) is 0 Å². The number of nitrogens with one attached hydrogen (secondary N) is 2. The molecule has 0 fully saturated rings. The third-order valence-corrected chi connectivity index (χ3v) is 2.63. The van der Waals surface area contributed by atoms with Gasteiger partial charge in [-0.1, -0.05) is 0 Å². The molecule has 7 nitrogen and oxygen atoms in total. The van der Waals surface area contributed by atoms with Crippen LogP contribution in [0.25, 0.3) is 11.2 Å². The van der Waals surface area contributed by atoms with Crippen molar-refractivity contribution in [3.63, 3.8) is 0 Å². The summed E-state index contributed by atoms with van der Waals surface area (Å²) in [5.74, 6) is 0.650. The number of aromatic nitrogens is 4. The van der Waals surface area contributed by atoms with Crippen molar-refractivity contribution in [1.82, 2.24) is 19.1 Å². The molecule has 7 heteroatoms. The number of hydrogen-bond acceptors (Lipinski definition) is 4. The van der Waals surface area contributed by atoms with E-state index in [1.807, 2.05) is 0 Å². The maximum absolute atomic E-state index is 11.6. The zero-order valence-electron chi connectivity index (χ0n) is 8.07. The Hall–Kier alpha value is -2.05. The summed E-state index contributed by atoms with van der Waals surface area (Å²) in [6.45, 7) is 1.47. The predicted octanol–water partition coefficient (Wildman–Crippen LogP) is -1.15. The van der Waals surface area contributed by atoms with Crippen molar-refractivity contribution in [1.29, 1.82) is 0 Å². The number of imidazole rings is 1. The Morgan fingerprint density at radius 3 is 3.00 bits per heavy atom. The van der Waals surface area contributed by atoms with E-state index in [0.717, 1.165) is 6.54 Å². The molecule has 15 heavy (non-hydrogen) atoms. The normalized spacial score (nSPS) is 14.2. The average Bonchev–Trinajstić information content (AvgIpc) is 2.72. The van der Waals surface area contributed by atoms with Crippen LogP contribution in [0.3, 0.4) is 0 Å². The third kappa shape index (κ3) is 0.915. The highest BCUT2D eigenvalue weighted by Gasteiger charge is 2.19. The Morgan fingerprint density at radius 1 is 1.40 bits per heavy atom. The zero-order chi connectivity index (χ0) is 10.6.